The van der Waals surface area contributed by atoms with E-state index in [0.29, 0.717) is 0 Å². The molecular weight excluding hydrogens is 328 g/mol. The molecule has 3 aromatic carbocycles. The van der Waals surface area contributed by atoms with Crippen LogP contribution in [0.4, 0.5) is 4.79 Å². The third-order valence-electron chi connectivity index (χ3n) is 3.65. The van der Waals surface area contributed by atoms with Gasteiger partial charge in [-0.15, -0.1) is 0 Å². The van der Waals surface area contributed by atoms with E-state index in [1.165, 1.54) is 11.8 Å². The lowest BCUT2D eigenvalue weighted by atomic mass is 9.99. The molecule has 0 spiro atoms. The van der Waals surface area contributed by atoms with Crippen LogP contribution in [0.5, 0.6) is 0 Å². The van der Waals surface area contributed by atoms with Crippen molar-refractivity contribution in [2.75, 3.05) is 14.1 Å². The summed E-state index contributed by atoms with van der Waals surface area (Å²) in [4.78, 5) is 13.0. The van der Waals surface area contributed by atoms with Crippen molar-refractivity contribution in [1.29, 1.82) is 0 Å². The first-order valence-electron chi connectivity index (χ1n) is 8.03. The highest BCUT2D eigenvalue weighted by Gasteiger charge is 2.10. The lowest BCUT2D eigenvalue weighted by molar-refractivity contribution is 0.234. The van der Waals surface area contributed by atoms with Crippen LogP contribution in [-0.4, -0.2) is 24.3 Å². The SMILES string of the molecule is CN(C)NC(=O)Sc1cc(-c2ccccc2)cc(-c2ccccc2)c1. The number of rotatable bonds is 4. The summed E-state index contributed by atoms with van der Waals surface area (Å²) in [6.07, 6.45) is 0. The van der Waals surface area contributed by atoms with Gasteiger partial charge in [0, 0.05) is 19.0 Å². The maximum atomic E-state index is 12.1. The number of amides is 1. The number of carbonyl (C=O) groups is 1. The molecule has 0 aliphatic carbocycles. The van der Waals surface area contributed by atoms with E-state index in [9.17, 15) is 4.79 Å². The smallest absolute Gasteiger partial charge is 0.280 e. The first kappa shape index (κ1) is 17.3. The number of thioether (sulfide) groups is 1. The van der Waals surface area contributed by atoms with E-state index in [-0.39, 0.29) is 5.24 Å². The molecule has 4 heteroatoms. The Bertz CT molecular complexity index is 791. The summed E-state index contributed by atoms with van der Waals surface area (Å²) in [5.41, 5.74) is 7.23. The van der Waals surface area contributed by atoms with Gasteiger partial charge in [0.15, 0.2) is 0 Å². The van der Waals surface area contributed by atoms with Crippen molar-refractivity contribution in [3.05, 3.63) is 78.9 Å². The molecule has 0 saturated carbocycles. The number of hydrogen-bond acceptors (Lipinski definition) is 3. The van der Waals surface area contributed by atoms with Crippen LogP contribution < -0.4 is 5.43 Å². The van der Waals surface area contributed by atoms with Crippen molar-refractivity contribution < 1.29 is 4.79 Å². The summed E-state index contributed by atoms with van der Waals surface area (Å²) in [6, 6.07) is 26.7. The molecule has 1 amide bonds. The second kappa shape index (κ2) is 8.01. The average molecular weight is 348 g/mol. The monoisotopic (exact) mass is 348 g/mol. The van der Waals surface area contributed by atoms with E-state index in [1.54, 1.807) is 19.1 Å². The molecule has 126 valence electrons. The zero-order chi connectivity index (χ0) is 17.6. The third kappa shape index (κ3) is 4.72. The Hall–Kier alpha value is -2.56. The van der Waals surface area contributed by atoms with Gasteiger partial charge in [0.05, 0.1) is 0 Å². The Kier molecular flexibility index (Phi) is 5.53. The summed E-state index contributed by atoms with van der Waals surface area (Å²) >= 11 is 1.20. The van der Waals surface area contributed by atoms with Crippen molar-refractivity contribution >= 4 is 17.0 Å². The standard InChI is InChI=1S/C21H20N2OS/c1-23(2)22-21(24)25-20-14-18(16-9-5-3-6-10-16)13-19(15-20)17-11-7-4-8-12-17/h3-15H,1-2H3,(H,22,24). The van der Waals surface area contributed by atoms with Gasteiger partial charge in [0.1, 0.15) is 0 Å². The second-order valence-corrected chi connectivity index (χ2v) is 6.92. The minimum atomic E-state index is -0.103. The summed E-state index contributed by atoms with van der Waals surface area (Å²) in [5.74, 6) is 0. The summed E-state index contributed by atoms with van der Waals surface area (Å²) in [6.45, 7) is 0. The molecule has 0 heterocycles. The summed E-state index contributed by atoms with van der Waals surface area (Å²) in [5, 5.41) is 1.54. The fraction of sp³-hybridized carbons (Fsp3) is 0.0952. The van der Waals surface area contributed by atoms with Crippen molar-refractivity contribution in [2.24, 2.45) is 0 Å². The van der Waals surface area contributed by atoms with Crippen LogP contribution >= 0.6 is 11.8 Å². The molecule has 0 atom stereocenters. The number of nitrogens with zero attached hydrogens (tertiary/aromatic N) is 1. The molecule has 0 aliphatic heterocycles. The molecule has 0 unspecified atom stereocenters. The van der Waals surface area contributed by atoms with Gasteiger partial charge < -0.3 is 0 Å². The lowest BCUT2D eigenvalue weighted by Crippen LogP contribution is -2.33. The first-order valence-corrected chi connectivity index (χ1v) is 8.85. The van der Waals surface area contributed by atoms with E-state index >= 15 is 0 Å². The summed E-state index contributed by atoms with van der Waals surface area (Å²) < 4.78 is 0. The van der Waals surface area contributed by atoms with E-state index in [0.717, 1.165) is 27.1 Å². The third-order valence-corrected chi connectivity index (χ3v) is 4.39. The molecule has 3 nitrogen and oxygen atoms in total. The molecule has 3 aromatic rings. The van der Waals surface area contributed by atoms with Crippen molar-refractivity contribution in [1.82, 2.24) is 10.4 Å². The first-order chi connectivity index (χ1) is 12.1. The van der Waals surface area contributed by atoms with E-state index in [2.05, 4.69) is 47.9 Å². The average Bonchev–Trinajstić information content (AvgIpc) is 2.62. The van der Waals surface area contributed by atoms with Crippen LogP contribution in [0.15, 0.2) is 83.8 Å². The maximum Gasteiger partial charge on any atom is 0.298 e. The predicted octanol–water partition coefficient (Wildman–Crippen LogP) is 5.30. The topological polar surface area (TPSA) is 32.3 Å². The molecule has 0 bridgehead atoms. The van der Waals surface area contributed by atoms with Gasteiger partial charge in [-0.1, -0.05) is 60.7 Å². The molecule has 0 radical (unpaired) electrons. The fourth-order valence-corrected chi connectivity index (χ4v) is 3.38. The van der Waals surface area contributed by atoms with E-state index in [4.69, 9.17) is 0 Å². The van der Waals surface area contributed by atoms with Gasteiger partial charge in [0.2, 0.25) is 0 Å². The van der Waals surface area contributed by atoms with Gasteiger partial charge in [-0.3, -0.25) is 10.2 Å². The largest absolute Gasteiger partial charge is 0.298 e. The zero-order valence-corrected chi connectivity index (χ0v) is 15.1. The molecule has 0 aliphatic rings. The van der Waals surface area contributed by atoms with Crippen LogP contribution in [0.25, 0.3) is 22.3 Å². The number of hydrazine groups is 1. The van der Waals surface area contributed by atoms with Gasteiger partial charge in [-0.25, -0.2) is 5.01 Å². The Morgan fingerprint density at radius 3 is 1.68 bits per heavy atom. The number of hydrogen-bond donors (Lipinski definition) is 1. The minimum absolute atomic E-state index is 0.103. The molecular formula is C21H20N2OS. The highest BCUT2D eigenvalue weighted by Crippen LogP contribution is 2.32. The fourth-order valence-electron chi connectivity index (χ4n) is 2.56. The van der Waals surface area contributed by atoms with Crippen molar-refractivity contribution in [3.8, 4) is 22.3 Å². The van der Waals surface area contributed by atoms with Gasteiger partial charge in [0.25, 0.3) is 5.24 Å². The van der Waals surface area contributed by atoms with Crippen molar-refractivity contribution in [2.45, 2.75) is 4.90 Å². The Morgan fingerprint density at radius 1 is 0.760 bits per heavy atom. The van der Waals surface area contributed by atoms with Crippen LogP contribution in [0.1, 0.15) is 0 Å². The summed E-state index contributed by atoms with van der Waals surface area (Å²) in [7, 11) is 3.60. The molecule has 0 fully saturated rings. The van der Waals surface area contributed by atoms with E-state index in [1.807, 2.05) is 36.4 Å². The van der Waals surface area contributed by atoms with Crippen LogP contribution in [0, 0.1) is 0 Å². The van der Waals surface area contributed by atoms with Crippen LogP contribution in [0.3, 0.4) is 0 Å². The van der Waals surface area contributed by atoms with E-state index < -0.39 is 0 Å². The van der Waals surface area contributed by atoms with Crippen molar-refractivity contribution in [3.63, 3.8) is 0 Å². The number of nitrogens with one attached hydrogen (secondary N) is 1. The Labute approximate surface area is 152 Å². The molecule has 25 heavy (non-hydrogen) atoms. The zero-order valence-electron chi connectivity index (χ0n) is 14.3. The molecule has 0 aromatic heterocycles. The predicted molar refractivity (Wildman–Crippen MR) is 105 cm³/mol. The molecule has 0 saturated heterocycles. The second-order valence-electron chi connectivity index (χ2n) is 5.87. The van der Waals surface area contributed by atoms with Gasteiger partial charge in [-0.2, -0.15) is 0 Å². The quantitative estimate of drug-likeness (QED) is 0.513. The Morgan fingerprint density at radius 2 is 1.24 bits per heavy atom. The lowest BCUT2D eigenvalue weighted by Gasteiger charge is -2.13. The highest BCUT2D eigenvalue weighted by atomic mass is 32.2. The van der Waals surface area contributed by atoms with Crippen LogP contribution in [-0.2, 0) is 0 Å². The molecule has 1 N–H and O–H groups in total. The minimum Gasteiger partial charge on any atom is -0.280 e. The normalized spacial score (nSPS) is 10.7. The highest BCUT2D eigenvalue weighted by molar-refractivity contribution is 8.13. The Balaban J connectivity index is 2.01. The number of carbonyl (C=O) groups excluding carboxylic acids is 1. The van der Waals surface area contributed by atoms with Gasteiger partial charge in [-0.05, 0) is 52.2 Å². The number of benzene rings is 3. The molecule has 3 rings (SSSR count). The van der Waals surface area contributed by atoms with Gasteiger partial charge >= 0.3 is 0 Å². The maximum absolute atomic E-state index is 12.1. The van der Waals surface area contributed by atoms with Crippen LogP contribution in [0.2, 0.25) is 0 Å².